The molecule has 0 unspecified atom stereocenters. The molecule has 2 rings (SSSR count). The van der Waals surface area contributed by atoms with Crippen LogP contribution >= 0.6 is 23.4 Å². The lowest BCUT2D eigenvalue weighted by Crippen LogP contribution is -2.21. The highest BCUT2D eigenvalue weighted by atomic mass is 35.5. The Morgan fingerprint density at radius 3 is 2.54 bits per heavy atom. The van der Waals surface area contributed by atoms with Crippen molar-refractivity contribution >= 4 is 40.9 Å². The van der Waals surface area contributed by atoms with Crippen LogP contribution in [-0.2, 0) is 14.3 Å². The van der Waals surface area contributed by atoms with Crippen LogP contribution in [0.4, 0.5) is 10.1 Å². The molecule has 0 saturated heterocycles. The summed E-state index contributed by atoms with van der Waals surface area (Å²) in [6, 6.07) is 12.8. The smallest absolute Gasteiger partial charge is 0.307 e. The van der Waals surface area contributed by atoms with Crippen LogP contribution in [0.15, 0.2) is 53.4 Å². The van der Waals surface area contributed by atoms with E-state index in [-0.39, 0.29) is 18.8 Å². The molecule has 2 aromatic rings. The first-order valence-corrected chi connectivity index (χ1v) is 8.49. The third kappa shape index (κ3) is 6.22. The van der Waals surface area contributed by atoms with Crippen molar-refractivity contribution in [2.75, 3.05) is 17.7 Å². The van der Waals surface area contributed by atoms with Crippen LogP contribution in [0.2, 0.25) is 5.02 Å². The van der Waals surface area contributed by atoms with Gasteiger partial charge in [-0.15, -0.1) is 11.8 Å². The SMILES string of the molecule is O=C(COC(=O)CCSc1ccc(F)cc1)Nc1ccccc1Cl. The van der Waals surface area contributed by atoms with E-state index in [4.69, 9.17) is 16.3 Å². The minimum atomic E-state index is -0.473. The molecule has 2 aromatic carbocycles. The minimum Gasteiger partial charge on any atom is -0.456 e. The summed E-state index contributed by atoms with van der Waals surface area (Å²) in [7, 11) is 0. The Bertz CT molecular complexity index is 709. The summed E-state index contributed by atoms with van der Waals surface area (Å²) in [5.74, 6) is -0.749. The molecular weight excluding hydrogens is 353 g/mol. The molecular formula is C17H15ClFNO3S. The Kier molecular flexibility index (Phi) is 7.08. The third-order valence-corrected chi connectivity index (χ3v) is 4.24. The van der Waals surface area contributed by atoms with Crippen LogP contribution < -0.4 is 5.32 Å². The van der Waals surface area contributed by atoms with Gasteiger partial charge in [0.25, 0.3) is 5.91 Å². The quantitative estimate of drug-likeness (QED) is 0.590. The first-order chi connectivity index (χ1) is 11.5. The molecule has 24 heavy (non-hydrogen) atoms. The number of esters is 1. The number of anilines is 1. The number of carbonyl (C=O) groups is 2. The summed E-state index contributed by atoms with van der Waals surface area (Å²) in [6.45, 7) is -0.370. The predicted molar refractivity (Wildman–Crippen MR) is 92.8 cm³/mol. The predicted octanol–water partition coefficient (Wildman–Crippen LogP) is 4.14. The van der Waals surface area contributed by atoms with Crippen LogP contribution in [0, 0.1) is 5.82 Å². The highest BCUT2D eigenvalue weighted by Gasteiger charge is 2.09. The third-order valence-electron chi connectivity index (χ3n) is 2.90. The van der Waals surface area contributed by atoms with Gasteiger partial charge in [-0.25, -0.2) is 4.39 Å². The van der Waals surface area contributed by atoms with Crippen LogP contribution in [0.3, 0.4) is 0 Å². The first-order valence-electron chi connectivity index (χ1n) is 7.13. The summed E-state index contributed by atoms with van der Waals surface area (Å²) in [4.78, 5) is 24.2. The Morgan fingerprint density at radius 2 is 1.83 bits per heavy atom. The van der Waals surface area contributed by atoms with E-state index in [9.17, 15) is 14.0 Å². The molecule has 0 aromatic heterocycles. The maximum absolute atomic E-state index is 12.8. The zero-order valence-corrected chi connectivity index (χ0v) is 14.2. The molecule has 0 aliphatic heterocycles. The molecule has 0 aliphatic carbocycles. The van der Waals surface area contributed by atoms with Gasteiger partial charge in [-0.2, -0.15) is 0 Å². The van der Waals surface area contributed by atoms with Gasteiger partial charge in [0.1, 0.15) is 5.82 Å². The Hall–Kier alpha value is -2.05. The van der Waals surface area contributed by atoms with Crippen molar-refractivity contribution < 1.29 is 18.7 Å². The van der Waals surface area contributed by atoms with E-state index in [2.05, 4.69) is 5.32 Å². The number of rotatable bonds is 7. The number of para-hydroxylation sites is 1. The lowest BCUT2D eigenvalue weighted by Gasteiger charge is -2.08. The van der Waals surface area contributed by atoms with E-state index in [0.29, 0.717) is 16.5 Å². The monoisotopic (exact) mass is 367 g/mol. The summed E-state index contributed by atoms with van der Waals surface area (Å²) < 4.78 is 17.7. The molecule has 0 bridgehead atoms. The Labute approximate surface area is 148 Å². The van der Waals surface area contributed by atoms with Crippen LogP contribution in [-0.4, -0.2) is 24.2 Å². The van der Waals surface area contributed by atoms with E-state index < -0.39 is 11.9 Å². The number of ether oxygens (including phenoxy) is 1. The summed E-state index contributed by atoms with van der Waals surface area (Å²) in [5, 5.41) is 2.97. The second-order valence-corrected chi connectivity index (χ2v) is 6.32. The molecule has 0 spiro atoms. The van der Waals surface area contributed by atoms with Gasteiger partial charge >= 0.3 is 5.97 Å². The molecule has 126 valence electrons. The van der Waals surface area contributed by atoms with Crippen molar-refractivity contribution in [2.24, 2.45) is 0 Å². The van der Waals surface area contributed by atoms with Crippen LogP contribution in [0.1, 0.15) is 6.42 Å². The Balaban J connectivity index is 1.66. The highest BCUT2D eigenvalue weighted by molar-refractivity contribution is 7.99. The topological polar surface area (TPSA) is 55.4 Å². The average Bonchev–Trinajstić information content (AvgIpc) is 2.57. The van der Waals surface area contributed by atoms with Gasteiger partial charge in [-0.3, -0.25) is 9.59 Å². The molecule has 0 saturated carbocycles. The normalized spacial score (nSPS) is 10.2. The van der Waals surface area contributed by atoms with Crippen molar-refractivity contribution in [3.63, 3.8) is 0 Å². The molecule has 1 N–H and O–H groups in total. The van der Waals surface area contributed by atoms with Crippen LogP contribution in [0.5, 0.6) is 0 Å². The first kappa shape index (κ1) is 18.3. The number of halogens is 2. The second kappa shape index (κ2) is 9.30. The van der Waals surface area contributed by atoms with Crippen molar-refractivity contribution in [1.82, 2.24) is 0 Å². The number of benzene rings is 2. The number of thioether (sulfide) groups is 1. The standard InChI is InChI=1S/C17H15ClFNO3S/c18-14-3-1-2-4-15(14)20-16(21)11-23-17(22)9-10-24-13-7-5-12(19)6-8-13/h1-8H,9-11H2,(H,20,21). The molecule has 0 atom stereocenters. The summed E-state index contributed by atoms with van der Waals surface area (Å²) >= 11 is 7.33. The molecule has 0 aliphatic rings. The van der Waals surface area contributed by atoms with Gasteiger partial charge in [0.15, 0.2) is 6.61 Å². The van der Waals surface area contributed by atoms with Crippen molar-refractivity contribution in [3.05, 3.63) is 59.4 Å². The average molecular weight is 368 g/mol. The van der Waals surface area contributed by atoms with E-state index in [1.54, 1.807) is 36.4 Å². The fourth-order valence-electron chi connectivity index (χ4n) is 1.75. The Morgan fingerprint density at radius 1 is 1.12 bits per heavy atom. The van der Waals surface area contributed by atoms with E-state index in [1.807, 2.05) is 0 Å². The highest BCUT2D eigenvalue weighted by Crippen LogP contribution is 2.20. The zero-order valence-electron chi connectivity index (χ0n) is 12.6. The number of hydrogen-bond donors (Lipinski definition) is 1. The minimum absolute atomic E-state index is 0.154. The van der Waals surface area contributed by atoms with Gasteiger partial charge in [0.2, 0.25) is 0 Å². The summed E-state index contributed by atoms with van der Waals surface area (Å²) in [5.41, 5.74) is 0.465. The molecule has 7 heteroatoms. The van der Waals surface area contributed by atoms with Gasteiger partial charge < -0.3 is 10.1 Å². The largest absolute Gasteiger partial charge is 0.456 e. The van der Waals surface area contributed by atoms with Gasteiger partial charge in [0.05, 0.1) is 17.1 Å². The molecule has 0 heterocycles. The second-order valence-electron chi connectivity index (χ2n) is 4.74. The van der Waals surface area contributed by atoms with Gasteiger partial charge in [-0.1, -0.05) is 23.7 Å². The molecule has 4 nitrogen and oxygen atoms in total. The van der Waals surface area contributed by atoms with Crippen molar-refractivity contribution in [2.45, 2.75) is 11.3 Å². The maximum Gasteiger partial charge on any atom is 0.307 e. The van der Waals surface area contributed by atoms with E-state index in [1.165, 1.54) is 23.9 Å². The van der Waals surface area contributed by atoms with Crippen LogP contribution in [0.25, 0.3) is 0 Å². The maximum atomic E-state index is 12.8. The van der Waals surface area contributed by atoms with Gasteiger partial charge in [0, 0.05) is 10.6 Å². The number of carbonyl (C=O) groups excluding carboxylic acids is 2. The molecule has 1 amide bonds. The zero-order chi connectivity index (χ0) is 17.4. The fraction of sp³-hybridized carbons (Fsp3) is 0.176. The molecule has 0 radical (unpaired) electrons. The van der Waals surface area contributed by atoms with Crippen molar-refractivity contribution in [1.29, 1.82) is 0 Å². The lowest BCUT2D eigenvalue weighted by molar-refractivity contribution is -0.146. The lowest BCUT2D eigenvalue weighted by atomic mass is 10.3. The van der Waals surface area contributed by atoms with E-state index >= 15 is 0 Å². The van der Waals surface area contributed by atoms with Gasteiger partial charge in [-0.05, 0) is 36.4 Å². The fourth-order valence-corrected chi connectivity index (χ4v) is 2.77. The number of nitrogens with one attached hydrogen (secondary N) is 1. The number of amides is 1. The number of hydrogen-bond acceptors (Lipinski definition) is 4. The van der Waals surface area contributed by atoms with Crippen molar-refractivity contribution in [3.8, 4) is 0 Å². The molecule has 0 fully saturated rings. The summed E-state index contributed by atoms with van der Waals surface area (Å²) in [6.07, 6.45) is 0.154. The van der Waals surface area contributed by atoms with E-state index in [0.717, 1.165) is 4.90 Å².